The largest absolute Gasteiger partial charge is 0.493 e. The third-order valence-electron chi connectivity index (χ3n) is 3.00. The minimum absolute atomic E-state index is 0.159. The van der Waals surface area contributed by atoms with E-state index >= 15 is 0 Å². The van der Waals surface area contributed by atoms with Crippen LogP contribution in [-0.4, -0.2) is 29.8 Å². The molecular formula is C15H15ClN2O3. The zero-order valence-corrected chi connectivity index (χ0v) is 12.7. The van der Waals surface area contributed by atoms with Crippen LogP contribution >= 0.6 is 11.6 Å². The summed E-state index contributed by atoms with van der Waals surface area (Å²) in [6, 6.07) is 5.01. The van der Waals surface area contributed by atoms with E-state index in [1.165, 1.54) is 19.4 Å². The summed E-state index contributed by atoms with van der Waals surface area (Å²) in [7, 11) is 4.83. The summed E-state index contributed by atoms with van der Waals surface area (Å²) >= 11 is 5.98. The monoisotopic (exact) mass is 306 g/mol. The van der Waals surface area contributed by atoms with E-state index in [1.54, 1.807) is 43.1 Å². The fourth-order valence-electron chi connectivity index (χ4n) is 1.85. The van der Waals surface area contributed by atoms with Crippen LogP contribution in [0.25, 0.3) is 6.08 Å². The van der Waals surface area contributed by atoms with Gasteiger partial charge in [-0.25, -0.2) is 0 Å². The molecule has 0 bridgehead atoms. The molecule has 0 unspecified atom stereocenters. The van der Waals surface area contributed by atoms with Crippen LogP contribution in [0.15, 0.2) is 30.5 Å². The Morgan fingerprint density at radius 3 is 2.57 bits per heavy atom. The Morgan fingerprint density at radius 2 is 2.00 bits per heavy atom. The summed E-state index contributed by atoms with van der Waals surface area (Å²) in [5.41, 5.74) is 1.17. The van der Waals surface area contributed by atoms with Gasteiger partial charge in [-0.15, -0.1) is 0 Å². The summed E-state index contributed by atoms with van der Waals surface area (Å²) in [4.78, 5) is 12.2. The highest BCUT2D eigenvalue weighted by atomic mass is 35.5. The van der Waals surface area contributed by atoms with Gasteiger partial charge in [-0.2, -0.15) is 5.10 Å². The second-order valence-electron chi connectivity index (χ2n) is 4.27. The van der Waals surface area contributed by atoms with Crippen LogP contribution in [0.1, 0.15) is 16.1 Å². The molecule has 110 valence electrons. The zero-order valence-electron chi connectivity index (χ0n) is 12.0. The number of carbonyl (C=O) groups excluding carboxylic acids is 1. The van der Waals surface area contributed by atoms with Gasteiger partial charge in [0.2, 0.25) is 0 Å². The maximum atomic E-state index is 12.2. The van der Waals surface area contributed by atoms with Gasteiger partial charge in [0.05, 0.1) is 31.1 Å². The lowest BCUT2D eigenvalue weighted by atomic mass is 10.1. The van der Waals surface area contributed by atoms with Crippen LogP contribution < -0.4 is 9.47 Å². The van der Waals surface area contributed by atoms with Crippen molar-refractivity contribution >= 4 is 23.5 Å². The Bertz CT molecular complexity index is 673. The lowest BCUT2D eigenvalue weighted by Crippen LogP contribution is -1.98. The molecule has 2 aromatic rings. The molecule has 2 rings (SSSR count). The molecule has 0 saturated heterocycles. The first kappa shape index (κ1) is 15.1. The highest BCUT2D eigenvalue weighted by Crippen LogP contribution is 2.28. The van der Waals surface area contributed by atoms with E-state index in [0.717, 1.165) is 0 Å². The Kier molecular flexibility index (Phi) is 4.65. The third kappa shape index (κ3) is 3.25. The molecule has 0 aliphatic carbocycles. The van der Waals surface area contributed by atoms with Gasteiger partial charge < -0.3 is 9.47 Å². The van der Waals surface area contributed by atoms with Gasteiger partial charge in [-0.05, 0) is 30.4 Å². The number of allylic oxidation sites excluding steroid dienone is 1. The summed E-state index contributed by atoms with van der Waals surface area (Å²) in [6.45, 7) is 0. The fraction of sp³-hybridized carbons (Fsp3) is 0.200. The molecule has 0 N–H and O–H groups in total. The van der Waals surface area contributed by atoms with E-state index in [0.29, 0.717) is 27.8 Å². The summed E-state index contributed by atoms with van der Waals surface area (Å²) in [6.07, 6.45) is 4.61. The number of benzene rings is 1. The third-order valence-corrected chi connectivity index (χ3v) is 3.29. The van der Waals surface area contributed by atoms with Crippen molar-refractivity contribution in [2.75, 3.05) is 14.2 Å². The summed E-state index contributed by atoms with van der Waals surface area (Å²) in [5.74, 6) is 0.927. The maximum Gasteiger partial charge on any atom is 0.186 e. The highest BCUT2D eigenvalue weighted by Gasteiger charge is 2.09. The van der Waals surface area contributed by atoms with Crippen LogP contribution in [0.5, 0.6) is 11.5 Å². The smallest absolute Gasteiger partial charge is 0.186 e. The number of aromatic nitrogens is 2. The number of halogens is 1. The number of hydrogen-bond acceptors (Lipinski definition) is 4. The molecule has 0 spiro atoms. The second kappa shape index (κ2) is 6.45. The average molecular weight is 307 g/mol. The summed E-state index contributed by atoms with van der Waals surface area (Å²) < 4.78 is 11.9. The molecule has 5 nitrogen and oxygen atoms in total. The standard InChI is InChI=1S/C15H15ClN2O3/c1-18-12(11(16)9-17-18)5-6-13(19)10-4-7-14(20-2)15(8-10)21-3/h4-9H,1-3H3/b6-5+. The van der Waals surface area contributed by atoms with Crippen molar-refractivity contribution in [3.05, 3.63) is 46.8 Å². The lowest BCUT2D eigenvalue weighted by Gasteiger charge is -2.08. The number of methoxy groups -OCH3 is 2. The molecule has 21 heavy (non-hydrogen) atoms. The minimum atomic E-state index is -0.159. The van der Waals surface area contributed by atoms with Crippen molar-refractivity contribution in [3.8, 4) is 11.5 Å². The van der Waals surface area contributed by atoms with E-state index in [9.17, 15) is 4.79 Å². The number of hydrogen-bond donors (Lipinski definition) is 0. The maximum absolute atomic E-state index is 12.2. The Hall–Kier alpha value is -2.27. The molecule has 0 aliphatic rings. The predicted octanol–water partition coefficient (Wildman–Crippen LogP) is 2.99. The van der Waals surface area contributed by atoms with E-state index in [2.05, 4.69) is 5.10 Å². The first-order valence-corrected chi connectivity index (χ1v) is 6.56. The minimum Gasteiger partial charge on any atom is -0.493 e. The second-order valence-corrected chi connectivity index (χ2v) is 4.68. The molecule has 1 aromatic heterocycles. The topological polar surface area (TPSA) is 53.3 Å². The van der Waals surface area contributed by atoms with Crippen LogP contribution in [0.2, 0.25) is 5.02 Å². The Balaban J connectivity index is 2.25. The van der Waals surface area contributed by atoms with E-state index < -0.39 is 0 Å². The number of rotatable bonds is 5. The van der Waals surface area contributed by atoms with E-state index in [4.69, 9.17) is 21.1 Å². The van der Waals surface area contributed by atoms with Gasteiger partial charge in [0.1, 0.15) is 0 Å². The van der Waals surface area contributed by atoms with Gasteiger partial charge in [-0.3, -0.25) is 9.48 Å². The first-order chi connectivity index (χ1) is 10.1. The first-order valence-electron chi connectivity index (χ1n) is 6.18. The van der Waals surface area contributed by atoms with Gasteiger partial charge in [0.25, 0.3) is 0 Å². The van der Waals surface area contributed by atoms with Crippen molar-refractivity contribution < 1.29 is 14.3 Å². The van der Waals surface area contributed by atoms with Crippen LogP contribution in [0.3, 0.4) is 0 Å². The van der Waals surface area contributed by atoms with E-state index in [1.807, 2.05) is 0 Å². The van der Waals surface area contributed by atoms with Gasteiger partial charge in [0, 0.05) is 12.6 Å². The van der Waals surface area contributed by atoms with Crippen molar-refractivity contribution in [1.29, 1.82) is 0 Å². The molecule has 0 atom stereocenters. The van der Waals surface area contributed by atoms with Gasteiger partial charge in [-0.1, -0.05) is 11.6 Å². The number of ketones is 1. The Labute approximate surface area is 127 Å². The summed E-state index contributed by atoms with van der Waals surface area (Å²) in [5, 5.41) is 4.50. The van der Waals surface area contributed by atoms with Crippen molar-refractivity contribution in [2.45, 2.75) is 0 Å². The number of carbonyl (C=O) groups is 1. The predicted molar refractivity (Wildman–Crippen MR) is 81.1 cm³/mol. The van der Waals surface area contributed by atoms with Gasteiger partial charge >= 0.3 is 0 Å². The van der Waals surface area contributed by atoms with Crippen molar-refractivity contribution in [1.82, 2.24) is 9.78 Å². The SMILES string of the molecule is COc1ccc(C(=O)/C=C/c2c(Cl)cnn2C)cc1OC. The number of aryl methyl sites for hydroxylation is 1. The molecule has 0 amide bonds. The molecule has 1 aromatic carbocycles. The molecule has 0 saturated carbocycles. The molecule has 0 aliphatic heterocycles. The zero-order chi connectivity index (χ0) is 15.4. The fourth-order valence-corrected chi connectivity index (χ4v) is 2.08. The Morgan fingerprint density at radius 1 is 1.29 bits per heavy atom. The van der Waals surface area contributed by atoms with Crippen LogP contribution in [-0.2, 0) is 7.05 Å². The van der Waals surface area contributed by atoms with E-state index in [-0.39, 0.29) is 5.78 Å². The van der Waals surface area contributed by atoms with Crippen molar-refractivity contribution in [2.24, 2.45) is 7.05 Å². The normalized spacial score (nSPS) is 10.9. The quantitative estimate of drug-likeness (QED) is 0.629. The van der Waals surface area contributed by atoms with Gasteiger partial charge in [0.15, 0.2) is 17.3 Å². The lowest BCUT2D eigenvalue weighted by molar-refractivity contribution is 0.104. The molecular weight excluding hydrogens is 292 g/mol. The number of nitrogens with zero attached hydrogens (tertiary/aromatic N) is 2. The van der Waals surface area contributed by atoms with Crippen LogP contribution in [0.4, 0.5) is 0 Å². The number of ether oxygens (including phenoxy) is 2. The molecule has 6 heteroatoms. The molecule has 0 radical (unpaired) electrons. The highest BCUT2D eigenvalue weighted by molar-refractivity contribution is 6.31. The molecule has 0 fully saturated rings. The molecule has 1 heterocycles. The average Bonchev–Trinajstić information content (AvgIpc) is 2.82. The van der Waals surface area contributed by atoms with Crippen LogP contribution in [0, 0.1) is 0 Å². The van der Waals surface area contributed by atoms with Crippen molar-refractivity contribution in [3.63, 3.8) is 0 Å².